The maximum atomic E-state index is 12.1. The maximum absolute atomic E-state index is 12.1. The zero-order valence-electron chi connectivity index (χ0n) is 6.34. The van der Waals surface area contributed by atoms with Crippen molar-refractivity contribution >= 4 is 0 Å². The number of halogens is 7. The van der Waals surface area contributed by atoms with Gasteiger partial charge in [-0.1, -0.05) is 6.58 Å². The largest absolute Gasteiger partial charge is 0.456 e. The molecule has 0 aliphatic carbocycles. The van der Waals surface area contributed by atoms with Crippen LogP contribution in [0.15, 0.2) is 24.5 Å². The minimum atomic E-state index is -5.82. The Hall–Kier alpha value is -1.21. The third-order valence-electron chi connectivity index (χ3n) is 0.928. The summed E-state index contributed by atoms with van der Waals surface area (Å²) in [5, 5.41) is 0. The molecule has 0 atom stereocenters. The Morgan fingerprint density at radius 1 is 1.00 bits per heavy atom. The lowest BCUT2D eigenvalue weighted by atomic mass is 10.4. The summed E-state index contributed by atoms with van der Waals surface area (Å²) in [6.07, 6.45) is -10.8. The molecule has 14 heavy (non-hydrogen) atoms. The lowest BCUT2D eigenvalue weighted by molar-refractivity contribution is -0.193. The van der Waals surface area contributed by atoms with Crippen molar-refractivity contribution in [3.8, 4) is 0 Å². The lowest BCUT2D eigenvalue weighted by Crippen LogP contribution is -2.23. The number of hydrogen-bond acceptors (Lipinski definition) is 1. The van der Waals surface area contributed by atoms with E-state index in [0.717, 1.165) is 0 Å². The van der Waals surface area contributed by atoms with E-state index in [2.05, 4.69) is 11.3 Å². The molecule has 0 aliphatic rings. The second kappa shape index (κ2) is 3.89. The second-order valence-corrected chi connectivity index (χ2v) is 1.93. The zero-order chi connectivity index (χ0) is 11.6. The molecule has 0 heterocycles. The lowest BCUT2D eigenvalue weighted by Gasteiger charge is -2.14. The maximum Gasteiger partial charge on any atom is 0.456 e. The summed E-state index contributed by atoms with van der Waals surface area (Å²) in [5.41, 5.74) is 0. The molecule has 0 unspecified atom stereocenters. The molecule has 0 rings (SSSR count). The van der Waals surface area contributed by atoms with Crippen LogP contribution in [0.3, 0.4) is 0 Å². The van der Waals surface area contributed by atoms with Crippen molar-refractivity contribution in [1.29, 1.82) is 0 Å². The van der Waals surface area contributed by atoms with E-state index in [-0.39, 0.29) is 6.26 Å². The summed E-state index contributed by atoms with van der Waals surface area (Å²) in [5.74, 6) is -6.88. The van der Waals surface area contributed by atoms with E-state index in [1.807, 2.05) is 0 Å². The van der Waals surface area contributed by atoms with Gasteiger partial charge in [-0.2, -0.15) is 30.7 Å². The van der Waals surface area contributed by atoms with Crippen molar-refractivity contribution in [2.75, 3.05) is 0 Å². The highest BCUT2D eigenvalue weighted by molar-refractivity contribution is 5.11. The fourth-order valence-electron chi connectivity index (χ4n) is 0.409. The summed E-state index contributed by atoms with van der Waals surface area (Å²) in [6.45, 7) is 2.55. The summed E-state index contributed by atoms with van der Waals surface area (Å²) in [4.78, 5) is 0. The minimum absolute atomic E-state index is 0.0107. The van der Waals surface area contributed by atoms with Crippen molar-refractivity contribution in [2.45, 2.75) is 12.3 Å². The van der Waals surface area contributed by atoms with Gasteiger partial charge in [-0.15, -0.1) is 0 Å². The molecule has 0 aromatic carbocycles. The van der Waals surface area contributed by atoms with Gasteiger partial charge < -0.3 is 4.74 Å². The highest BCUT2D eigenvalue weighted by atomic mass is 19.4. The van der Waals surface area contributed by atoms with Crippen molar-refractivity contribution in [1.82, 2.24) is 0 Å². The first kappa shape index (κ1) is 12.8. The molecule has 0 saturated heterocycles. The van der Waals surface area contributed by atoms with Gasteiger partial charge in [0.25, 0.3) is 5.83 Å². The second-order valence-electron chi connectivity index (χ2n) is 1.93. The van der Waals surface area contributed by atoms with Crippen LogP contribution in [0.5, 0.6) is 0 Å². The summed E-state index contributed by atoms with van der Waals surface area (Å²) < 4.78 is 85.5. The Labute approximate surface area is 73.5 Å². The summed E-state index contributed by atoms with van der Waals surface area (Å²) >= 11 is 0. The molecule has 0 aromatic heterocycles. The molecule has 0 amide bonds. The smallest absolute Gasteiger partial charge is 0.436 e. The van der Waals surface area contributed by atoms with E-state index in [0.29, 0.717) is 0 Å². The number of ether oxygens (including phenoxy) is 1. The SMILES string of the molecule is C=COC(F)(F)C(F)=C(F)C(F)(F)F. The first-order valence-corrected chi connectivity index (χ1v) is 2.92. The van der Waals surface area contributed by atoms with Gasteiger partial charge in [0.1, 0.15) is 0 Å². The highest BCUT2D eigenvalue weighted by Crippen LogP contribution is 2.37. The molecule has 0 fully saturated rings. The molecule has 0 aliphatic heterocycles. The molecule has 1 nitrogen and oxygen atoms in total. The molecule has 0 saturated carbocycles. The standard InChI is InChI=1S/C6H3F7O/c1-2-14-6(12,13)4(8)3(7)5(9,10)11/h2H,1H2. The first-order chi connectivity index (χ1) is 6.13. The Balaban J connectivity index is 5.08. The van der Waals surface area contributed by atoms with Gasteiger partial charge in [-0.3, -0.25) is 0 Å². The van der Waals surface area contributed by atoms with E-state index in [1.165, 1.54) is 0 Å². The molecule has 0 bridgehead atoms. The van der Waals surface area contributed by atoms with E-state index < -0.39 is 23.9 Å². The van der Waals surface area contributed by atoms with E-state index in [9.17, 15) is 30.7 Å². The molecule has 0 N–H and O–H groups in total. The molecule has 8 heteroatoms. The zero-order valence-corrected chi connectivity index (χ0v) is 6.34. The average molecular weight is 224 g/mol. The Kier molecular flexibility index (Phi) is 3.55. The first-order valence-electron chi connectivity index (χ1n) is 2.92. The molecule has 0 radical (unpaired) electrons. The van der Waals surface area contributed by atoms with Crippen molar-refractivity contribution < 1.29 is 35.5 Å². The van der Waals surface area contributed by atoms with E-state index >= 15 is 0 Å². The van der Waals surface area contributed by atoms with Crippen molar-refractivity contribution in [3.63, 3.8) is 0 Å². The third-order valence-corrected chi connectivity index (χ3v) is 0.928. The van der Waals surface area contributed by atoms with Crippen LogP contribution < -0.4 is 0 Å². The number of allylic oxidation sites excluding steroid dienone is 1. The predicted octanol–water partition coefficient (Wildman–Crippen LogP) is 3.45. The van der Waals surface area contributed by atoms with E-state index in [4.69, 9.17) is 0 Å². The predicted molar refractivity (Wildman–Crippen MR) is 31.5 cm³/mol. The van der Waals surface area contributed by atoms with Crippen LogP contribution in [0.1, 0.15) is 0 Å². The fraction of sp³-hybridized carbons (Fsp3) is 0.333. The van der Waals surface area contributed by atoms with Gasteiger partial charge in [-0.05, 0) is 0 Å². The number of alkyl halides is 5. The van der Waals surface area contributed by atoms with E-state index in [1.54, 1.807) is 0 Å². The topological polar surface area (TPSA) is 9.23 Å². The number of rotatable bonds is 3. The Morgan fingerprint density at radius 3 is 1.71 bits per heavy atom. The van der Waals surface area contributed by atoms with Gasteiger partial charge in [-0.25, -0.2) is 0 Å². The van der Waals surface area contributed by atoms with Crippen LogP contribution in [0.2, 0.25) is 0 Å². The summed E-state index contributed by atoms with van der Waals surface area (Å²) in [6, 6.07) is 0. The molecule has 0 spiro atoms. The van der Waals surface area contributed by atoms with Crippen LogP contribution in [0, 0.1) is 0 Å². The van der Waals surface area contributed by atoms with Crippen LogP contribution in [-0.4, -0.2) is 12.3 Å². The average Bonchev–Trinajstić information content (AvgIpc) is 2.00. The summed E-state index contributed by atoms with van der Waals surface area (Å²) in [7, 11) is 0. The third kappa shape index (κ3) is 2.93. The normalized spacial score (nSPS) is 14.8. The van der Waals surface area contributed by atoms with Gasteiger partial charge in [0.15, 0.2) is 0 Å². The van der Waals surface area contributed by atoms with Gasteiger partial charge >= 0.3 is 12.3 Å². The van der Waals surface area contributed by atoms with Gasteiger partial charge in [0.05, 0.1) is 6.26 Å². The Morgan fingerprint density at radius 2 is 1.43 bits per heavy atom. The van der Waals surface area contributed by atoms with Crippen LogP contribution in [0.4, 0.5) is 30.7 Å². The quantitative estimate of drug-likeness (QED) is 0.527. The molecular weight excluding hydrogens is 221 g/mol. The highest BCUT2D eigenvalue weighted by Gasteiger charge is 2.48. The minimum Gasteiger partial charge on any atom is -0.436 e. The van der Waals surface area contributed by atoms with Crippen molar-refractivity contribution in [2.24, 2.45) is 0 Å². The van der Waals surface area contributed by atoms with Crippen molar-refractivity contribution in [3.05, 3.63) is 24.5 Å². The van der Waals surface area contributed by atoms with Crippen LogP contribution in [-0.2, 0) is 4.74 Å². The Bertz CT molecular complexity index is 251. The monoisotopic (exact) mass is 224 g/mol. The van der Waals surface area contributed by atoms with Gasteiger partial charge in [0, 0.05) is 0 Å². The molecular formula is C6H3F7O. The number of hydrogen-bond donors (Lipinski definition) is 0. The van der Waals surface area contributed by atoms with Crippen LogP contribution >= 0.6 is 0 Å². The fourth-order valence-corrected chi connectivity index (χ4v) is 0.409. The molecule has 82 valence electrons. The van der Waals surface area contributed by atoms with Crippen LogP contribution in [0.25, 0.3) is 0 Å². The van der Waals surface area contributed by atoms with Gasteiger partial charge in [0.2, 0.25) is 5.83 Å². The molecule has 0 aromatic rings.